The highest BCUT2D eigenvalue weighted by atomic mass is 15.3. The molecule has 0 spiro atoms. The van der Waals surface area contributed by atoms with E-state index in [0.29, 0.717) is 12.1 Å². The Balaban J connectivity index is 2.58. The van der Waals surface area contributed by atoms with Gasteiger partial charge in [0.15, 0.2) is 0 Å². The van der Waals surface area contributed by atoms with Gasteiger partial charge >= 0.3 is 0 Å². The molecular formula is C11H21N3. The third kappa shape index (κ3) is 2.84. The molecule has 3 nitrogen and oxygen atoms in total. The Kier molecular flexibility index (Phi) is 4.14. The van der Waals surface area contributed by atoms with Crippen molar-refractivity contribution in [3.05, 3.63) is 18.0 Å². The van der Waals surface area contributed by atoms with Crippen molar-refractivity contribution in [2.75, 3.05) is 7.05 Å². The molecule has 0 fully saturated rings. The predicted octanol–water partition coefficient (Wildman–Crippen LogP) is 2.00. The molecule has 0 aliphatic carbocycles. The van der Waals surface area contributed by atoms with Gasteiger partial charge < -0.3 is 5.32 Å². The summed E-state index contributed by atoms with van der Waals surface area (Å²) in [4.78, 5) is 0. The quantitative estimate of drug-likeness (QED) is 0.779. The van der Waals surface area contributed by atoms with E-state index in [1.165, 1.54) is 5.69 Å². The van der Waals surface area contributed by atoms with E-state index in [-0.39, 0.29) is 0 Å². The van der Waals surface area contributed by atoms with E-state index in [1.54, 1.807) is 0 Å². The summed E-state index contributed by atoms with van der Waals surface area (Å²) in [5.41, 5.74) is 1.18. The van der Waals surface area contributed by atoms with Crippen LogP contribution in [0.4, 0.5) is 0 Å². The molecule has 0 aliphatic heterocycles. The van der Waals surface area contributed by atoms with Crippen LogP contribution in [0.15, 0.2) is 12.3 Å². The van der Waals surface area contributed by atoms with E-state index < -0.39 is 0 Å². The average molecular weight is 195 g/mol. The fourth-order valence-corrected chi connectivity index (χ4v) is 1.48. The molecule has 0 aromatic carbocycles. The maximum atomic E-state index is 4.52. The monoisotopic (exact) mass is 195 g/mol. The Labute approximate surface area is 86.5 Å². The molecule has 1 N–H and O–H groups in total. The second-order valence-corrected chi connectivity index (χ2v) is 3.98. The van der Waals surface area contributed by atoms with E-state index in [1.807, 2.05) is 11.7 Å². The van der Waals surface area contributed by atoms with Crippen LogP contribution in [0.3, 0.4) is 0 Å². The van der Waals surface area contributed by atoms with Crippen molar-refractivity contribution in [1.82, 2.24) is 15.1 Å². The maximum Gasteiger partial charge on any atom is 0.0640 e. The lowest BCUT2D eigenvalue weighted by Crippen LogP contribution is -2.26. The van der Waals surface area contributed by atoms with Crippen LogP contribution in [0.5, 0.6) is 0 Å². The zero-order chi connectivity index (χ0) is 10.6. The van der Waals surface area contributed by atoms with Crippen molar-refractivity contribution in [1.29, 1.82) is 0 Å². The number of hydrogen-bond donors (Lipinski definition) is 1. The second-order valence-electron chi connectivity index (χ2n) is 3.98. The Bertz CT molecular complexity index is 261. The lowest BCUT2D eigenvalue weighted by atomic mass is 10.1. The highest BCUT2D eigenvalue weighted by Gasteiger charge is 2.07. The first-order chi connectivity index (χ1) is 6.67. The van der Waals surface area contributed by atoms with Crippen LogP contribution < -0.4 is 5.32 Å². The molecule has 0 saturated carbocycles. The van der Waals surface area contributed by atoms with Gasteiger partial charge in [-0.3, -0.25) is 4.68 Å². The molecule has 14 heavy (non-hydrogen) atoms. The number of likely N-dealkylation sites (N-methyl/N-ethyl adjacent to an activating group) is 1. The molecular weight excluding hydrogens is 174 g/mol. The minimum atomic E-state index is 0.457. The Morgan fingerprint density at radius 1 is 1.50 bits per heavy atom. The van der Waals surface area contributed by atoms with Gasteiger partial charge in [0.2, 0.25) is 0 Å². The first-order valence-corrected chi connectivity index (χ1v) is 5.38. The Morgan fingerprint density at radius 3 is 2.64 bits per heavy atom. The number of hydrogen-bond acceptors (Lipinski definition) is 2. The van der Waals surface area contributed by atoms with Gasteiger partial charge in [0, 0.05) is 24.7 Å². The zero-order valence-electron chi connectivity index (χ0n) is 9.62. The molecule has 1 heterocycles. The molecule has 0 aliphatic rings. The SMILES string of the molecule is CCC(Cc1ccn(C(C)C)n1)NC. The van der Waals surface area contributed by atoms with Crippen molar-refractivity contribution in [2.45, 2.75) is 45.7 Å². The van der Waals surface area contributed by atoms with Gasteiger partial charge in [-0.1, -0.05) is 6.92 Å². The van der Waals surface area contributed by atoms with Crippen molar-refractivity contribution >= 4 is 0 Å². The first kappa shape index (κ1) is 11.2. The normalized spacial score (nSPS) is 13.5. The fourth-order valence-electron chi connectivity index (χ4n) is 1.48. The summed E-state index contributed by atoms with van der Waals surface area (Å²) in [7, 11) is 2.01. The second kappa shape index (κ2) is 5.15. The highest BCUT2D eigenvalue weighted by Crippen LogP contribution is 2.07. The molecule has 1 rings (SSSR count). The molecule has 0 radical (unpaired) electrons. The number of rotatable bonds is 5. The van der Waals surface area contributed by atoms with Crippen LogP contribution >= 0.6 is 0 Å². The van der Waals surface area contributed by atoms with Crippen LogP contribution in [0.25, 0.3) is 0 Å². The van der Waals surface area contributed by atoms with Gasteiger partial charge in [-0.15, -0.1) is 0 Å². The topological polar surface area (TPSA) is 29.9 Å². The molecule has 1 aromatic heterocycles. The number of nitrogens with zero attached hydrogens (tertiary/aromatic N) is 2. The highest BCUT2D eigenvalue weighted by molar-refractivity contribution is 5.01. The van der Waals surface area contributed by atoms with Gasteiger partial charge in [-0.25, -0.2) is 0 Å². The van der Waals surface area contributed by atoms with Crippen molar-refractivity contribution in [3.8, 4) is 0 Å². The third-order valence-corrected chi connectivity index (χ3v) is 2.55. The molecule has 3 heteroatoms. The van der Waals surface area contributed by atoms with Crippen LogP contribution in [-0.2, 0) is 6.42 Å². The number of nitrogens with one attached hydrogen (secondary N) is 1. The van der Waals surface area contributed by atoms with E-state index in [9.17, 15) is 0 Å². The van der Waals surface area contributed by atoms with Gasteiger partial charge in [0.1, 0.15) is 0 Å². The summed E-state index contributed by atoms with van der Waals surface area (Å²) < 4.78 is 2.01. The smallest absolute Gasteiger partial charge is 0.0640 e. The predicted molar refractivity (Wildman–Crippen MR) is 59.5 cm³/mol. The zero-order valence-corrected chi connectivity index (χ0v) is 9.62. The van der Waals surface area contributed by atoms with Crippen LogP contribution in [0, 0.1) is 0 Å². The minimum absolute atomic E-state index is 0.457. The summed E-state index contributed by atoms with van der Waals surface area (Å²) in [6.07, 6.45) is 4.22. The lowest BCUT2D eigenvalue weighted by Gasteiger charge is -2.11. The van der Waals surface area contributed by atoms with Crippen LogP contribution in [-0.4, -0.2) is 22.9 Å². The Morgan fingerprint density at radius 2 is 2.21 bits per heavy atom. The van der Waals surface area contributed by atoms with E-state index in [0.717, 1.165) is 12.8 Å². The van der Waals surface area contributed by atoms with Crippen LogP contribution in [0.2, 0.25) is 0 Å². The molecule has 0 saturated heterocycles. The van der Waals surface area contributed by atoms with Gasteiger partial charge in [-0.2, -0.15) is 5.10 Å². The molecule has 1 unspecified atom stereocenters. The van der Waals surface area contributed by atoms with Crippen molar-refractivity contribution in [2.24, 2.45) is 0 Å². The minimum Gasteiger partial charge on any atom is -0.317 e. The van der Waals surface area contributed by atoms with Crippen molar-refractivity contribution < 1.29 is 0 Å². The fraction of sp³-hybridized carbons (Fsp3) is 0.727. The first-order valence-electron chi connectivity index (χ1n) is 5.38. The lowest BCUT2D eigenvalue weighted by molar-refractivity contribution is 0.504. The van der Waals surface area contributed by atoms with E-state index in [2.05, 4.69) is 43.4 Å². The molecule has 0 bridgehead atoms. The van der Waals surface area contributed by atoms with Crippen LogP contribution in [0.1, 0.15) is 38.9 Å². The molecule has 0 amide bonds. The summed E-state index contributed by atoms with van der Waals surface area (Å²) >= 11 is 0. The van der Waals surface area contributed by atoms with Gasteiger partial charge in [0.05, 0.1) is 5.69 Å². The summed E-state index contributed by atoms with van der Waals surface area (Å²) in [5.74, 6) is 0. The van der Waals surface area contributed by atoms with Gasteiger partial charge in [0.25, 0.3) is 0 Å². The summed E-state index contributed by atoms with van der Waals surface area (Å²) in [6.45, 7) is 6.49. The maximum absolute atomic E-state index is 4.52. The average Bonchev–Trinajstić information content (AvgIpc) is 2.62. The van der Waals surface area contributed by atoms with Gasteiger partial charge in [-0.05, 0) is 33.4 Å². The molecule has 80 valence electrons. The van der Waals surface area contributed by atoms with Crippen molar-refractivity contribution in [3.63, 3.8) is 0 Å². The molecule has 1 atom stereocenters. The summed E-state index contributed by atoms with van der Waals surface area (Å²) in [6, 6.07) is 3.11. The standard InChI is InChI=1S/C11H21N3/c1-5-10(12-4)8-11-6-7-14(13-11)9(2)3/h6-7,9-10,12H,5,8H2,1-4H3. The number of aromatic nitrogens is 2. The van der Waals surface area contributed by atoms with E-state index in [4.69, 9.17) is 0 Å². The van der Waals surface area contributed by atoms with E-state index >= 15 is 0 Å². The molecule has 1 aromatic rings. The largest absolute Gasteiger partial charge is 0.317 e. The summed E-state index contributed by atoms with van der Waals surface area (Å²) in [5, 5.41) is 7.81. The Hall–Kier alpha value is -0.830. The third-order valence-electron chi connectivity index (χ3n) is 2.55.